The van der Waals surface area contributed by atoms with E-state index in [0.717, 1.165) is 56.4 Å². The number of rotatable bonds is 5. The Balaban J connectivity index is 0.00000225. The summed E-state index contributed by atoms with van der Waals surface area (Å²) < 4.78 is 29.1. The number of ether oxygens (including phenoxy) is 1. The molecular formula is C18H25ClF2N2O2. The summed E-state index contributed by atoms with van der Waals surface area (Å²) in [6, 6.07) is 4.88. The third-order valence-electron chi connectivity index (χ3n) is 4.92. The molecule has 1 aromatic rings. The van der Waals surface area contributed by atoms with Gasteiger partial charge in [-0.2, -0.15) is 8.78 Å². The Kier molecular flexibility index (Phi) is 7.44. The van der Waals surface area contributed by atoms with E-state index in [9.17, 15) is 13.6 Å². The largest absolute Gasteiger partial charge is 0.435 e. The molecule has 0 atom stereocenters. The maximum absolute atomic E-state index is 12.6. The number of fused-ring (bicyclic) bond motifs is 1. The molecule has 140 valence electrons. The van der Waals surface area contributed by atoms with E-state index in [2.05, 4.69) is 10.1 Å². The molecule has 1 fully saturated rings. The van der Waals surface area contributed by atoms with Crippen molar-refractivity contribution in [3.8, 4) is 5.75 Å². The number of hydrogen-bond acceptors (Lipinski definition) is 3. The molecule has 0 aliphatic carbocycles. The van der Waals surface area contributed by atoms with E-state index in [0.29, 0.717) is 18.9 Å². The maximum atomic E-state index is 12.6. The third-order valence-corrected chi connectivity index (χ3v) is 4.92. The molecule has 0 bridgehead atoms. The summed E-state index contributed by atoms with van der Waals surface area (Å²) in [6.07, 6.45) is 5.40. The van der Waals surface area contributed by atoms with E-state index in [1.54, 1.807) is 12.1 Å². The highest BCUT2D eigenvalue weighted by atomic mass is 35.5. The summed E-state index contributed by atoms with van der Waals surface area (Å²) >= 11 is 0. The number of amides is 1. The summed E-state index contributed by atoms with van der Waals surface area (Å²) in [7, 11) is 0. The summed E-state index contributed by atoms with van der Waals surface area (Å²) in [5, 5.41) is 3.34. The van der Waals surface area contributed by atoms with Gasteiger partial charge < -0.3 is 15.0 Å². The van der Waals surface area contributed by atoms with Gasteiger partial charge in [-0.15, -0.1) is 12.4 Å². The number of anilines is 1. The summed E-state index contributed by atoms with van der Waals surface area (Å²) in [6.45, 7) is -0.0432. The van der Waals surface area contributed by atoms with Crippen LogP contribution in [-0.4, -0.2) is 32.2 Å². The zero-order valence-corrected chi connectivity index (χ0v) is 15.0. The zero-order chi connectivity index (χ0) is 16.9. The van der Waals surface area contributed by atoms with Crippen molar-refractivity contribution in [2.24, 2.45) is 5.92 Å². The van der Waals surface area contributed by atoms with Crippen molar-refractivity contribution in [1.82, 2.24) is 5.32 Å². The van der Waals surface area contributed by atoms with Crippen LogP contribution in [0.2, 0.25) is 0 Å². The van der Waals surface area contributed by atoms with Crippen LogP contribution < -0.4 is 15.0 Å². The summed E-state index contributed by atoms with van der Waals surface area (Å²) in [5.41, 5.74) is 1.76. The number of carbonyl (C=O) groups is 1. The molecular weight excluding hydrogens is 350 g/mol. The minimum Gasteiger partial charge on any atom is -0.435 e. The van der Waals surface area contributed by atoms with Crippen molar-refractivity contribution in [3.63, 3.8) is 0 Å². The van der Waals surface area contributed by atoms with Crippen molar-refractivity contribution in [2.75, 3.05) is 24.5 Å². The van der Waals surface area contributed by atoms with Crippen molar-refractivity contribution < 1.29 is 18.3 Å². The fourth-order valence-corrected chi connectivity index (χ4v) is 3.64. The second-order valence-electron chi connectivity index (χ2n) is 6.55. The second-order valence-corrected chi connectivity index (χ2v) is 6.55. The highest BCUT2D eigenvalue weighted by Gasteiger charge is 2.24. The fourth-order valence-electron chi connectivity index (χ4n) is 3.64. The number of halogens is 3. The molecule has 1 aromatic carbocycles. The Morgan fingerprint density at radius 2 is 2.08 bits per heavy atom. The molecule has 1 N–H and O–H groups in total. The van der Waals surface area contributed by atoms with Crippen LogP contribution in [-0.2, 0) is 11.2 Å². The molecule has 2 aliphatic heterocycles. The van der Waals surface area contributed by atoms with Crippen molar-refractivity contribution in [1.29, 1.82) is 0 Å². The molecule has 2 heterocycles. The monoisotopic (exact) mass is 374 g/mol. The molecule has 1 amide bonds. The van der Waals surface area contributed by atoms with Gasteiger partial charge in [0.15, 0.2) is 0 Å². The molecule has 0 unspecified atom stereocenters. The molecule has 0 saturated carbocycles. The fraction of sp³-hybridized carbons (Fsp3) is 0.611. The van der Waals surface area contributed by atoms with Gasteiger partial charge in [0.2, 0.25) is 5.91 Å². The first-order valence-corrected chi connectivity index (χ1v) is 8.72. The predicted octanol–water partition coefficient (Wildman–Crippen LogP) is 3.77. The van der Waals surface area contributed by atoms with E-state index < -0.39 is 6.61 Å². The van der Waals surface area contributed by atoms with E-state index in [1.807, 2.05) is 4.90 Å². The lowest BCUT2D eigenvalue weighted by Crippen LogP contribution is -2.36. The molecule has 3 rings (SSSR count). The quantitative estimate of drug-likeness (QED) is 0.853. The first-order chi connectivity index (χ1) is 11.6. The van der Waals surface area contributed by atoms with E-state index in [-0.39, 0.29) is 24.1 Å². The minimum absolute atomic E-state index is 0. The standard InChI is InChI=1S/C18H24F2N2O2.ClH/c19-18(20)24-15-4-5-16-14(12-15)2-1-11-22(16)17(23)6-3-13-7-9-21-10-8-13;/h4-5,12-13,18,21H,1-3,6-11H2;1H. The van der Waals surface area contributed by atoms with Crippen LogP contribution >= 0.6 is 12.4 Å². The Hall–Kier alpha value is -1.40. The van der Waals surface area contributed by atoms with Gasteiger partial charge in [-0.05, 0) is 74.9 Å². The third kappa shape index (κ3) is 5.28. The van der Waals surface area contributed by atoms with Crippen molar-refractivity contribution >= 4 is 24.0 Å². The van der Waals surface area contributed by atoms with Crippen LogP contribution in [0.25, 0.3) is 0 Å². The number of nitrogens with zero attached hydrogens (tertiary/aromatic N) is 1. The number of piperidine rings is 1. The number of carbonyl (C=O) groups excluding carboxylic acids is 1. The van der Waals surface area contributed by atoms with Gasteiger partial charge in [-0.25, -0.2) is 0 Å². The van der Waals surface area contributed by atoms with Crippen LogP contribution in [0.15, 0.2) is 18.2 Å². The Bertz CT molecular complexity index is 580. The molecule has 1 saturated heterocycles. The Morgan fingerprint density at radius 1 is 1.32 bits per heavy atom. The van der Waals surface area contributed by atoms with E-state index in [1.165, 1.54) is 6.07 Å². The molecule has 2 aliphatic rings. The van der Waals surface area contributed by atoms with Gasteiger partial charge in [-0.1, -0.05) is 0 Å². The molecule has 0 spiro atoms. The maximum Gasteiger partial charge on any atom is 0.387 e. The number of benzene rings is 1. The van der Waals surface area contributed by atoms with Crippen molar-refractivity contribution in [2.45, 2.75) is 45.1 Å². The Labute approximate surface area is 153 Å². The van der Waals surface area contributed by atoms with Crippen LogP contribution in [0.3, 0.4) is 0 Å². The van der Waals surface area contributed by atoms with Gasteiger partial charge in [0.1, 0.15) is 5.75 Å². The SMILES string of the molecule is Cl.O=C(CCC1CCNCC1)N1CCCc2cc(OC(F)F)ccc21. The van der Waals surface area contributed by atoms with Crippen LogP contribution in [0.4, 0.5) is 14.5 Å². The number of aryl methyl sites for hydroxylation is 1. The van der Waals surface area contributed by atoms with Gasteiger partial charge in [0, 0.05) is 18.7 Å². The molecule has 7 heteroatoms. The smallest absolute Gasteiger partial charge is 0.387 e. The first-order valence-electron chi connectivity index (χ1n) is 8.72. The van der Waals surface area contributed by atoms with Gasteiger partial charge in [-0.3, -0.25) is 4.79 Å². The number of alkyl halides is 2. The molecule has 4 nitrogen and oxygen atoms in total. The highest BCUT2D eigenvalue weighted by Crippen LogP contribution is 2.32. The predicted molar refractivity (Wildman–Crippen MR) is 95.8 cm³/mol. The average molecular weight is 375 g/mol. The topological polar surface area (TPSA) is 41.6 Å². The normalized spacial score (nSPS) is 17.8. The van der Waals surface area contributed by atoms with E-state index in [4.69, 9.17) is 0 Å². The van der Waals surface area contributed by atoms with Gasteiger partial charge >= 0.3 is 6.61 Å². The Morgan fingerprint density at radius 3 is 2.80 bits per heavy atom. The van der Waals surface area contributed by atoms with Gasteiger partial charge in [0.05, 0.1) is 0 Å². The molecule has 25 heavy (non-hydrogen) atoms. The second kappa shape index (κ2) is 9.34. The lowest BCUT2D eigenvalue weighted by atomic mass is 9.92. The van der Waals surface area contributed by atoms with Crippen molar-refractivity contribution in [3.05, 3.63) is 23.8 Å². The zero-order valence-electron chi connectivity index (χ0n) is 14.2. The average Bonchev–Trinajstić information content (AvgIpc) is 2.59. The summed E-state index contributed by atoms with van der Waals surface area (Å²) in [4.78, 5) is 14.4. The lowest BCUT2D eigenvalue weighted by Gasteiger charge is -2.31. The minimum atomic E-state index is -2.82. The molecule has 0 radical (unpaired) electrons. The summed E-state index contributed by atoms with van der Waals surface area (Å²) in [5.74, 6) is 0.922. The molecule has 0 aromatic heterocycles. The van der Waals surface area contributed by atoms with Crippen LogP contribution in [0.1, 0.15) is 37.7 Å². The van der Waals surface area contributed by atoms with E-state index >= 15 is 0 Å². The van der Waals surface area contributed by atoms with Crippen LogP contribution in [0.5, 0.6) is 5.75 Å². The number of nitrogens with one attached hydrogen (secondary N) is 1. The highest BCUT2D eigenvalue weighted by molar-refractivity contribution is 5.94. The first kappa shape index (κ1) is 19.9. The lowest BCUT2D eigenvalue weighted by molar-refractivity contribution is -0.119. The van der Waals surface area contributed by atoms with Crippen LogP contribution in [0, 0.1) is 5.92 Å². The number of hydrogen-bond donors (Lipinski definition) is 1. The van der Waals surface area contributed by atoms with Gasteiger partial charge in [0.25, 0.3) is 0 Å².